The molecule has 0 atom stereocenters. The van der Waals surface area contributed by atoms with E-state index < -0.39 is 0 Å². The maximum atomic E-state index is 12.0. The van der Waals surface area contributed by atoms with Gasteiger partial charge in [0, 0.05) is 30.7 Å². The van der Waals surface area contributed by atoms with Crippen LogP contribution in [0.1, 0.15) is 29.9 Å². The van der Waals surface area contributed by atoms with Gasteiger partial charge in [-0.2, -0.15) is 5.10 Å². The molecule has 0 aliphatic heterocycles. The van der Waals surface area contributed by atoms with Crippen LogP contribution in [-0.4, -0.2) is 27.3 Å². The minimum Gasteiger partial charge on any atom is -0.462 e. The third kappa shape index (κ3) is 2.16. The molecule has 0 saturated carbocycles. The van der Waals surface area contributed by atoms with Crippen molar-refractivity contribution in [2.75, 3.05) is 6.61 Å². The van der Waals surface area contributed by atoms with Crippen LogP contribution < -0.4 is 0 Å². The maximum absolute atomic E-state index is 12.0. The lowest BCUT2D eigenvalue weighted by molar-refractivity contribution is 0.0526. The average molecular weight is 247 g/mol. The lowest BCUT2D eigenvalue weighted by Crippen LogP contribution is -2.08. The molecule has 0 saturated heterocycles. The van der Waals surface area contributed by atoms with E-state index in [1.54, 1.807) is 11.6 Å². The highest BCUT2D eigenvalue weighted by Crippen LogP contribution is 2.26. The molecule has 0 spiro atoms. The molecule has 2 aromatic rings. The third-order valence-electron chi connectivity index (χ3n) is 2.78. The van der Waals surface area contributed by atoms with Gasteiger partial charge in [0.25, 0.3) is 0 Å². The van der Waals surface area contributed by atoms with Gasteiger partial charge in [0.15, 0.2) is 0 Å². The van der Waals surface area contributed by atoms with Crippen molar-refractivity contribution in [2.45, 2.75) is 20.3 Å². The van der Waals surface area contributed by atoms with Crippen LogP contribution in [0.2, 0.25) is 0 Å². The molecular formula is C13H17N3O2. The van der Waals surface area contributed by atoms with E-state index in [1.165, 1.54) is 0 Å². The Hall–Kier alpha value is -2.04. The molecule has 0 aliphatic carbocycles. The summed E-state index contributed by atoms with van der Waals surface area (Å²) in [5, 5.41) is 4.32. The Bertz CT molecular complexity index is 554. The molecule has 5 heteroatoms. The molecule has 0 fully saturated rings. The molecule has 0 bridgehead atoms. The van der Waals surface area contributed by atoms with E-state index in [9.17, 15) is 4.79 Å². The number of hydrogen-bond donors (Lipinski definition) is 1. The third-order valence-corrected chi connectivity index (χ3v) is 2.78. The molecule has 0 aliphatic rings. The van der Waals surface area contributed by atoms with Gasteiger partial charge in [0.05, 0.1) is 17.9 Å². The summed E-state index contributed by atoms with van der Waals surface area (Å²) in [4.78, 5) is 15.1. The first-order valence-electron chi connectivity index (χ1n) is 6.04. The molecule has 18 heavy (non-hydrogen) atoms. The normalized spacial score (nSPS) is 10.6. The topological polar surface area (TPSA) is 59.9 Å². The minimum atomic E-state index is -0.295. The van der Waals surface area contributed by atoms with E-state index in [1.807, 2.05) is 32.4 Å². The minimum absolute atomic E-state index is 0.295. The van der Waals surface area contributed by atoms with Crippen LogP contribution in [-0.2, 0) is 18.2 Å². The number of nitrogens with one attached hydrogen (secondary N) is 1. The number of H-pyrrole nitrogens is 1. The highest BCUT2D eigenvalue weighted by molar-refractivity contribution is 5.98. The second kappa shape index (κ2) is 5.08. The van der Waals surface area contributed by atoms with Crippen molar-refractivity contribution in [1.29, 1.82) is 0 Å². The quantitative estimate of drug-likeness (QED) is 0.842. The SMILES string of the molecule is CCOC(=O)c1c(-c2ccn(C)n2)c[nH]c1CC. The van der Waals surface area contributed by atoms with Crippen LogP contribution in [0.15, 0.2) is 18.5 Å². The maximum Gasteiger partial charge on any atom is 0.340 e. The highest BCUT2D eigenvalue weighted by atomic mass is 16.5. The van der Waals surface area contributed by atoms with E-state index in [2.05, 4.69) is 10.1 Å². The van der Waals surface area contributed by atoms with Crippen molar-refractivity contribution in [3.8, 4) is 11.3 Å². The van der Waals surface area contributed by atoms with Gasteiger partial charge in [-0.05, 0) is 19.4 Å². The van der Waals surface area contributed by atoms with Crippen molar-refractivity contribution in [3.05, 3.63) is 29.7 Å². The summed E-state index contributed by atoms with van der Waals surface area (Å²) in [6.45, 7) is 4.17. The van der Waals surface area contributed by atoms with Crippen LogP contribution in [0.4, 0.5) is 0 Å². The zero-order chi connectivity index (χ0) is 13.1. The first-order valence-corrected chi connectivity index (χ1v) is 6.04. The number of aryl methyl sites for hydroxylation is 2. The summed E-state index contributed by atoms with van der Waals surface area (Å²) in [5.41, 5.74) is 3.05. The number of carbonyl (C=O) groups excluding carboxylic acids is 1. The summed E-state index contributed by atoms with van der Waals surface area (Å²) in [7, 11) is 1.85. The van der Waals surface area contributed by atoms with Crippen LogP contribution >= 0.6 is 0 Å². The van der Waals surface area contributed by atoms with Crippen LogP contribution in [0.25, 0.3) is 11.3 Å². The first kappa shape index (κ1) is 12.4. The lowest BCUT2D eigenvalue weighted by atomic mass is 10.1. The number of nitrogens with zero attached hydrogens (tertiary/aromatic N) is 2. The Kier molecular flexibility index (Phi) is 3.50. The fraction of sp³-hybridized carbons (Fsp3) is 0.385. The monoisotopic (exact) mass is 247 g/mol. The molecule has 0 radical (unpaired) electrons. The summed E-state index contributed by atoms with van der Waals surface area (Å²) < 4.78 is 6.82. The number of aromatic nitrogens is 3. The van der Waals surface area contributed by atoms with Gasteiger partial charge in [0.2, 0.25) is 0 Å². The zero-order valence-corrected chi connectivity index (χ0v) is 10.9. The Morgan fingerprint density at radius 2 is 2.28 bits per heavy atom. The number of ether oxygens (including phenoxy) is 1. The molecule has 0 unspecified atom stereocenters. The summed E-state index contributed by atoms with van der Waals surface area (Å²) >= 11 is 0. The molecule has 0 amide bonds. The fourth-order valence-electron chi connectivity index (χ4n) is 1.94. The van der Waals surface area contributed by atoms with Crippen molar-refractivity contribution in [2.24, 2.45) is 7.05 Å². The van der Waals surface area contributed by atoms with Gasteiger partial charge >= 0.3 is 5.97 Å². The summed E-state index contributed by atoms with van der Waals surface area (Å²) in [6.07, 6.45) is 4.41. The molecule has 1 N–H and O–H groups in total. The lowest BCUT2D eigenvalue weighted by Gasteiger charge is -2.04. The number of esters is 1. The number of carbonyl (C=O) groups is 1. The molecule has 2 aromatic heterocycles. The van der Waals surface area contributed by atoms with Crippen molar-refractivity contribution in [1.82, 2.24) is 14.8 Å². The van der Waals surface area contributed by atoms with Gasteiger partial charge < -0.3 is 9.72 Å². The van der Waals surface area contributed by atoms with Gasteiger partial charge in [0.1, 0.15) is 0 Å². The van der Waals surface area contributed by atoms with Crippen molar-refractivity contribution < 1.29 is 9.53 Å². The Balaban J connectivity index is 2.48. The van der Waals surface area contributed by atoms with E-state index in [4.69, 9.17) is 4.74 Å². The molecule has 96 valence electrons. The van der Waals surface area contributed by atoms with E-state index >= 15 is 0 Å². The summed E-state index contributed by atoms with van der Waals surface area (Å²) in [5.74, 6) is -0.295. The fourth-order valence-corrected chi connectivity index (χ4v) is 1.94. The zero-order valence-electron chi connectivity index (χ0n) is 10.9. The molecule has 0 aromatic carbocycles. The predicted octanol–water partition coefficient (Wildman–Crippen LogP) is 2.15. The van der Waals surface area contributed by atoms with Gasteiger partial charge in [-0.1, -0.05) is 6.92 Å². The van der Waals surface area contributed by atoms with Crippen molar-refractivity contribution >= 4 is 5.97 Å². The van der Waals surface area contributed by atoms with Crippen LogP contribution in [0.3, 0.4) is 0 Å². The average Bonchev–Trinajstić information content (AvgIpc) is 2.94. The predicted molar refractivity (Wildman–Crippen MR) is 68.3 cm³/mol. The van der Waals surface area contributed by atoms with E-state index in [-0.39, 0.29) is 5.97 Å². The summed E-state index contributed by atoms with van der Waals surface area (Å²) in [6, 6.07) is 1.88. The molecule has 2 rings (SSSR count). The second-order valence-electron chi connectivity index (χ2n) is 4.00. The number of rotatable bonds is 4. The molecule has 2 heterocycles. The Morgan fingerprint density at radius 3 is 2.83 bits per heavy atom. The standard InChI is InChI=1S/C13H17N3O2/c1-4-10-12(13(17)18-5-2)9(8-14-10)11-6-7-16(3)15-11/h6-8,14H,4-5H2,1-3H3. The first-order chi connectivity index (χ1) is 8.67. The van der Waals surface area contributed by atoms with E-state index in [0.29, 0.717) is 12.2 Å². The number of aromatic amines is 1. The highest BCUT2D eigenvalue weighted by Gasteiger charge is 2.21. The largest absolute Gasteiger partial charge is 0.462 e. The van der Waals surface area contributed by atoms with Gasteiger partial charge in [-0.25, -0.2) is 4.79 Å². The number of hydrogen-bond acceptors (Lipinski definition) is 3. The van der Waals surface area contributed by atoms with Crippen LogP contribution in [0.5, 0.6) is 0 Å². The van der Waals surface area contributed by atoms with Gasteiger partial charge in [-0.15, -0.1) is 0 Å². The van der Waals surface area contributed by atoms with E-state index in [0.717, 1.165) is 23.4 Å². The molecule has 5 nitrogen and oxygen atoms in total. The van der Waals surface area contributed by atoms with Crippen molar-refractivity contribution in [3.63, 3.8) is 0 Å². The Labute approximate surface area is 106 Å². The Morgan fingerprint density at radius 1 is 1.50 bits per heavy atom. The van der Waals surface area contributed by atoms with Gasteiger partial charge in [-0.3, -0.25) is 4.68 Å². The van der Waals surface area contributed by atoms with Crippen LogP contribution in [0, 0.1) is 0 Å². The second-order valence-corrected chi connectivity index (χ2v) is 4.00. The smallest absolute Gasteiger partial charge is 0.340 e. The molecular weight excluding hydrogens is 230 g/mol.